The first-order valence-corrected chi connectivity index (χ1v) is 11.1. The van der Waals surface area contributed by atoms with Gasteiger partial charge in [-0.1, -0.05) is 17.7 Å². The van der Waals surface area contributed by atoms with E-state index >= 15 is 0 Å². The smallest absolute Gasteiger partial charge is 0.265 e. The van der Waals surface area contributed by atoms with Crippen LogP contribution >= 0.6 is 11.6 Å². The summed E-state index contributed by atoms with van der Waals surface area (Å²) in [6, 6.07) is 7.89. The van der Waals surface area contributed by atoms with Crippen molar-refractivity contribution < 1.29 is 26.4 Å². The predicted molar refractivity (Wildman–Crippen MR) is 105 cm³/mol. The maximum absolute atomic E-state index is 12.6. The molecule has 8 nitrogen and oxygen atoms in total. The minimum absolute atomic E-state index is 0.0267. The SMILES string of the molecule is COc1ccc(C(=O)NS(=O)(=O)c2cccc(Cl)c2C)cc1S(=O)(=O)N(C)C. The Morgan fingerprint density at radius 2 is 1.71 bits per heavy atom. The highest BCUT2D eigenvalue weighted by atomic mass is 35.5. The summed E-state index contributed by atoms with van der Waals surface area (Å²) in [6.45, 7) is 1.51. The Labute approximate surface area is 169 Å². The van der Waals surface area contributed by atoms with Crippen LogP contribution in [0.3, 0.4) is 0 Å². The van der Waals surface area contributed by atoms with Gasteiger partial charge in [-0.25, -0.2) is 25.9 Å². The molecule has 0 aromatic heterocycles. The number of hydrogen-bond donors (Lipinski definition) is 1. The maximum atomic E-state index is 12.6. The first kappa shape index (κ1) is 22.2. The number of amides is 1. The van der Waals surface area contributed by atoms with Crippen LogP contribution in [0.1, 0.15) is 15.9 Å². The van der Waals surface area contributed by atoms with Crippen LogP contribution < -0.4 is 9.46 Å². The molecule has 2 aromatic carbocycles. The van der Waals surface area contributed by atoms with E-state index in [0.717, 1.165) is 10.4 Å². The molecule has 1 N–H and O–H groups in total. The molecule has 0 bridgehead atoms. The molecule has 0 atom stereocenters. The van der Waals surface area contributed by atoms with E-state index in [9.17, 15) is 21.6 Å². The maximum Gasteiger partial charge on any atom is 0.265 e. The topological polar surface area (TPSA) is 110 Å². The number of methoxy groups -OCH3 is 1. The van der Waals surface area contributed by atoms with Crippen molar-refractivity contribution in [1.82, 2.24) is 9.03 Å². The molecule has 0 radical (unpaired) electrons. The van der Waals surface area contributed by atoms with Gasteiger partial charge in [0.05, 0.1) is 12.0 Å². The predicted octanol–water partition coefficient (Wildman–Crippen LogP) is 2.03. The first-order valence-electron chi connectivity index (χ1n) is 7.84. The average molecular weight is 447 g/mol. The van der Waals surface area contributed by atoms with Gasteiger partial charge in [0, 0.05) is 24.7 Å². The molecule has 0 saturated heterocycles. The van der Waals surface area contributed by atoms with Crippen molar-refractivity contribution in [2.45, 2.75) is 16.7 Å². The summed E-state index contributed by atoms with van der Waals surface area (Å²) in [6.07, 6.45) is 0. The summed E-state index contributed by atoms with van der Waals surface area (Å²) >= 11 is 5.95. The number of sulfonamides is 2. The van der Waals surface area contributed by atoms with Crippen molar-refractivity contribution in [3.8, 4) is 5.75 Å². The molecule has 11 heteroatoms. The molecule has 0 aliphatic rings. The molecule has 0 spiro atoms. The van der Waals surface area contributed by atoms with E-state index < -0.39 is 26.0 Å². The second-order valence-electron chi connectivity index (χ2n) is 5.95. The highest BCUT2D eigenvalue weighted by Crippen LogP contribution is 2.27. The Bertz CT molecular complexity index is 1130. The molecule has 2 aromatic rings. The Morgan fingerprint density at radius 3 is 2.29 bits per heavy atom. The van der Waals surface area contributed by atoms with Crippen molar-refractivity contribution in [3.05, 3.63) is 52.5 Å². The largest absolute Gasteiger partial charge is 0.495 e. The number of carbonyl (C=O) groups is 1. The molecule has 0 unspecified atom stereocenters. The summed E-state index contributed by atoms with van der Waals surface area (Å²) < 4.78 is 58.0. The number of halogens is 1. The Balaban J connectivity index is 2.46. The summed E-state index contributed by atoms with van der Waals surface area (Å²) in [4.78, 5) is 12.1. The number of benzene rings is 2. The molecular weight excluding hydrogens is 428 g/mol. The Kier molecular flexibility index (Phi) is 6.39. The third-order valence-corrected chi connectivity index (χ3v) is 7.64. The zero-order valence-electron chi connectivity index (χ0n) is 15.6. The summed E-state index contributed by atoms with van der Waals surface area (Å²) in [5.74, 6) is -0.962. The van der Waals surface area contributed by atoms with E-state index in [1.165, 1.54) is 58.5 Å². The van der Waals surface area contributed by atoms with Gasteiger partial charge in [-0.05, 0) is 42.8 Å². The number of nitrogens with zero attached hydrogens (tertiary/aromatic N) is 1. The molecule has 0 fully saturated rings. The Hall–Kier alpha value is -2.14. The lowest BCUT2D eigenvalue weighted by Gasteiger charge is -2.16. The molecule has 2 rings (SSSR count). The lowest BCUT2D eigenvalue weighted by atomic mass is 10.2. The number of hydrogen-bond acceptors (Lipinski definition) is 6. The highest BCUT2D eigenvalue weighted by Gasteiger charge is 2.26. The first-order chi connectivity index (χ1) is 12.9. The van der Waals surface area contributed by atoms with Crippen molar-refractivity contribution in [1.29, 1.82) is 0 Å². The van der Waals surface area contributed by atoms with Gasteiger partial charge in [0.25, 0.3) is 15.9 Å². The van der Waals surface area contributed by atoms with E-state index in [1.54, 1.807) is 0 Å². The molecule has 0 saturated carbocycles. The van der Waals surface area contributed by atoms with Gasteiger partial charge >= 0.3 is 0 Å². The zero-order valence-corrected chi connectivity index (χ0v) is 17.9. The van der Waals surface area contributed by atoms with E-state index in [4.69, 9.17) is 16.3 Å². The van der Waals surface area contributed by atoms with Crippen LogP contribution in [-0.4, -0.2) is 48.3 Å². The third kappa shape index (κ3) is 4.30. The van der Waals surface area contributed by atoms with Crippen LogP contribution in [0, 0.1) is 6.92 Å². The van der Waals surface area contributed by atoms with Gasteiger partial charge in [0.2, 0.25) is 10.0 Å². The van der Waals surface area contributed by atoms with Crippen LogP contribution in [0.25, 0.3) is 0 Å². The van der Waals surface area contributed by atoms with E-state index in [2.05, 4.69) is 0 Å². The van der Waals surface area contributed by atoms with Crippen LogP contribution in [0.4, 0.5) is 0 Å². The molecule has 0 aliphatic carbocycles. The highest BCUT2D eigenvalue weighted by molar-refractivity contribution is 7.90. The second kappa shape index (κ2) is 8.08. The van der Waals surface area contributed by atoms with Gasteiger partial charge < -0.3 is 4.74 Å². The lowest BCUT2D eigenvalue weighted by molar-refractivity contribution is 0.0981. The molecule has 0 heterocycles. The van der Waals surface area contributed by atoms with Gasteiger partial charge in [-0.3, -0.25) is 4.79 Å². The fourth-order valence-electron chi connectivity index (χ4n) is 2.33. The fraction of sp³-hybridized carbons (Fsp3) is 0.235. The van der Waals surface area contributed by atoms with Gasteiger partial charge in [0.15, 0.2) is 0 Å². The number of ether oxygens (including phenoxy) is 1. The van der Waals surface area contributed by atoms with Crippen LogP contribution in [0.15, 0.2) is 46.2 Å². The monoisotopic (exact) mass is 446 g/mol. The van der Waals surface area contributed by atoms with Gasteiger partial charge in [-0.2, -0.15) is 0 Å². The minimum atomic E-state index is -4.22. The van der Waals surface area contributed by atoms with E-state index in [0.29, 0.717) is 0 Å². The van der Waals surface area contributed by atoms with Crippen molar-refractivity contribution in [2.75, 3.05) is 21.2 Å². The van der Waals surface area contributed by atoms with Gasteiger partial charge in [0.1, 0.15) is 10.6 Å². The van der Waals surface area contributed by atoms with Crippen molar-refractivity contribution in [2.24, 2.45) is 0 Å². The van der Waals surface area contributed by atoms with Crippen LogP contribution in [0.5, 0.6) is 5.75 Å². The summed E-state index contributed by atoms with van der Waals surface area (Å²) in [7, 11) is -4.20. The molecular formula is C17H19ClN2O6S2. The number of carbonyl (C=O) groups excluding carboxylic acids is 1. The normalized spacial score (nSPS) is 12.1. The standard InChI is InChI=1S/C17H19ClN2O6S2/c1-11-13(18)6-5-7-15(11)27(22,23)19-17(21)12-8-9-14(26-4)16(10-12)28(24,25)20(2)3/h5-10H,1-4H3,(H,19,21). The van der Waals surface area contributed by atoms with Crippen molar-refractivity contribution >= 4 is 37.6 Å². The second-order valence-corrected chi connectivity index (χ2v) is 10.1. The minimum Gasteiger partial charge on any atom is -0.495 e. The molecule has 152 valence electrons. The van der Waals surface area contributed by atoms with Gasteiger partial charge in [-0.15, -0.1) is 0 Å². The molecule has 1 amide bonds. The summed E-state index contributed by atoms with van der Waals surface area (Å²) in [5.41, 5.74) is 0.125. The molecule has 0 aliphatic heterocycles. The van der Waals surface area contributed by atoms with Crippen molar-refractivity contribution in [3.63, 3.8) is 0 Å². The van der Waals surface area contributed by atoms with E-state index in [1.807, 2.05) is 4.72 Å². The quantitative estimate of drug-likeness (QED) is 0.726. The van der Waals surface area contributed by atoms with Crippen LogP contribution in [-0.2, 0) is 20.0 Å². The average Bonchev–Trinajstić information content (AvgIpc) is 2.62. The van der Waals surface area contributed by atoms with Crippen LogP contribution in [0.2, 0.25) is 5.02 Å². The number of nitrogens with one attached hydrogen (secondary N) is 1. The fourth-order valence-corrected chi connectivity index (χ4v) is 4.88. The Morgan fingerprint density at radius 1 is 1.07 bits per heavy atom. The zero-order chi connectivity index (χ0) is 21.3. The number of rotatable bonds is 6. The summed E-state index contributed by atoms with van der Waals surface area (Å²) in [5, 5.41) is 0.235. The lowest BCUT2D eigenvalue weighted by Crippen LogP contribution is -2.31. The third-order valence-electron chi connectivity index (χ3n) is 3.92. The van der Waals surface area contributed by atoms with E-state index in [-0.39, 0.29) is 31.7 Å². The molecule has 28 heavy (non-hydrogen) atoms.